The Labute approximate surface area is 152 Å². The molecule has 0 bridgehead atoms. The van der Waals surface area contributed by atoms with Gasteiger partial charge in [-0.3, -0.25) is 9.52 Å². The number of hydrogen-bond donors (Lipinski definition) is 3. The van der Waals surface area contributed by atoms with Gasteiger partial charge in [-0.2, -0.15) is 0 Å². The number of nitrogens with one attached hydrogen (secondary N) is 3. The van der Waals surface area contributed by atoms with Gasteiger partial charge in [-0.25, -0.2) is 8.42 Å². The first kappa shape index (κ1) is 18.0. The fourth-order valence-electron chi connectivity index (χ4n) is 2.68. The summed E-state index contributed by atoms with van der Waals surface area (Å²) >= 11 is 0. The number of carbonyl (C=O) groups is 1. The first-order valence-corrected chi connectivity index (χ1v) is 9.95. The van der Waals surface area contributed by atoms with Crippen LogP contribution in [0.25, 0.3) is 10.9 Å². The van der Waals surface area contributed by atoms with Crippen molar-refractivity contribution in [3.8, 4) is 0 Å². The van der Waals surface area contributed by atoms with Gasteiger partial charge in [0.25, 0.3) is 5.91 Å². The Kier molecular flexibility index (Phi) is 4.73. The van der Waals surface area contributed by atoms with Crippen molar-refractivity contribution in [1.82, 2.24) is 4.98 Å². The number of anilines is 2. The van der Waals surface area contributed by atoms with E-state index in [1.807, 2.05) is 26.0 Å². The van der Waals surface area contributed by atoms with Crippen LogP contribution in [0.4, 0.5) is 11.4 Å². The van der Waals surface area contributed by atoms with Crippen LogP contribution < -0.4 is 10.0 Å². The monoisotopic (exact) mass is 371 g/mol. The molecule has 3 rings (SSSR count). The summed E-state index contributed by atoms with van der Waals surface area (Å²) in [5.41, 5.74) is 4.84. The number of fused-ring (bicyclic) bond motifs is 1. The van der Waals surface area contributed by atoms with Gasteiger partial charge in [0, 0.05) is 33.5 Å². The van der Waals surface area contributed by atoms with Crippen LogP contribution in [-0.4, -0.2) is 25.1 Å². The van der Waals surface area contributed by atoms with E-state index in [-0.39, 0.29) is 11.7 Å². The standard InChI is InChI=1S/C19H21N3O3S/c1-4-26(24,25)22-16-8-6-15(7-9-16)21-19(23)14-5-10-18-17(11-14)12(2)13(3)20-18/h5-11,20,22H,4H2,1-3H3,(H,21,23). The molecule has 0 fully saturated rings. The molecule has 3 N–H and O–H groups in total. The van der Waals surface area contributed by atoms with Crippen molar-refractivity contribution in [3.63, 3.8) is 0 Å². The lowest BCUT2D eigenvalue weighted by atomic mass is 10.1. The summed E-state index contributed by atoms with van der Waals surface area (Å²) in [4.78, 5) is 15.8. The van der Waals surface area contributed by atoms with Crippen LogP contribution in [0.2, 0.25) is 0 Å². The molecule has 6 nitrogen and oxygen atoms in total. The Hall–Kier alpha value is -2.80. The minimum Gasteiger partial charge on any atom is -0.358 e. The molecule has 3 aromatic rings. The van der Waals surface area contributed by atoms with Crippen molar-refractivity contribution in [3.05, 3.63) is 59.3 Å². The average Bonchev–Trinajstić information content (AvgIpc) is 2.90. The van der Waals surface area contributed by atoms with Crippen LogP contribution in [0.1, 0.15) is 28.5 Å². The summed E-state index contributed by atoms with van der Waals surface area (Å²) in [6, 6.07) is 12.1. The largest absolute Gasteiger partial charge is 0.358 e. The van der Waals surface area contributed by atoms with Crippen molar-refractivity contribution in [2.75, 3.05) is 15.8 Å². The normalized spacial score (nSPS) is 11.5. The van der Waals surface area contributed by atoms with Gasteiger partial charge in [0.2, 0.25) is 10.0 Å². The Bertz CT molecular complexity index is 1070. The molecule has 0 saturated heterocycles. The van der Waals surface area contributed by atoms with Crippen LogP contribution in [0.15, 0.2) is 42.5 Å². The van der Waals surface area contributed by atoms with Crippen LogP contribution in [0.5, 0.6) is 0 Å². The second kappa shape index (κ2) is 6.84. The third-order valence-electron chi connectivity index (χ3n) is 4.37. The van der Waals surface area contributed by atoms with E-state index >= 15 is 0 Å². The molecule has 0 atom stereocenters. The van der Waals surface area contributed by atoms with E-state index in [1.54, 1.807) is 37.3 Å². The van der Waals surface area contributed by atoms with E-state index in [9.17, 15) is 13.2 Å². The molecule has 0 unspecified atom stereocenters. The molecule has 0 saturated carbocycles. The number of sulfonamides is 1. The minimum absolute atomic E-state index is 0.00596. The summed E-state index contributed by atoms with van der Waals surface area (Å²) < 4.78 is 25.6. The predicted octanol–water partition coefficient (Wildman–Crippen LogP) is 3.80. The smallest absolute Gasteiger partial charge is 0.255 e. The van der Waals surface area contributed by atoms with E-state index < -0.39 is 10.0 Å². The van der Waals surface area contributed by atoms with Crippen molar-refractivity contribution in [1.29, 1.82) is 0 Å². The maximum absolute atomic E-state index is 12.5. The van der Waals surface area contributed by atoms with Gasteiger partial charge in [-0.1, -0.05) is 0 Å². The highest BCUT2D eigenvalue weighted by molar-refractivity contribution is 7.92. The number of aromatic amines is 1. The molecular weight excluding hydrogens is 350 g/mol. The zero-order valence-corrected chi connectivity index (χ0v) is 15.7. The number of hydrogen-bond acceptors (Lipinski definition) is 3. The van der Waals surface area contributed by atoms with E-state index in [0.29, 0.717) is 16.9 Å². The second-order valence-electron chi connectivity index (χ2n) is 6.17. The lowest BCUT2D eigenvalue weighted by Gasteiger charge is -2.09. The molecule has 1 aromatic heterocycles. The molecule has 7 heteroatoms. The minimum atomic E-state index is -3.31. The number of H-pyrrole nitrogens is 1. The number of benzene rings is 2. The summed E-state index contributed by atoms with van der Waals surface area (Å²) in [6.45, 7) is 5.59. The first-order valence-electron chi connectivity index (χ1n) is 8.30. The Morgan fingerprint density at radius 1 is 1.04 bits per heavy atom. The number of amides is 1. The third-order valence-corrected chi connectivity index (χ3v) is 5.67. The van der Waals surface area contributed by atoms with Crippen molar-refractivity contribution in [2.45, 2.75) is 20.8 Å². The molecule has 0 aliphatic rings. The summed E-state index contributed by atoms with van der Waals surface area (Å²) in [5.74, 6) is -0.210. The van der Waals surface area contributed by atoms with Gasteiger partial charge >= 0.3 is 0 Å². The molecule has 136 valence electrons. The summed E-state index contributed by atoms with van der Waals surface area (Å²) in [5, 5.41) is 3.85. The van der Waals surface area contributed by atoms with E-state index in [1.165, 1.54) is 0 Å². The number of rotatable bonds is 5. The molecular formula is C19H21N3O3S. The second-order valence-corrected chi connectivity index (χ2v) is 8.18. The van der Waals surface area contributed by atoms with Gasteiger partial charge in [-0.15, -0.1) is 0 Å². The van der Waals surface area contributed by atoms with Crippen LogP contribution in [-0.2, 0) is 10.0 Å². The van der Waals surface area contributed by atoms with E-state index in [4.69, 9.17) is 0 Å². The molecule has 1 heterocycles. The maximum atomic E-state index is 12.5. The summed E-state index contributed by atoms with van der Waals surface area (Å²) in [7, 11) is -3.31. The molecule has 0 spiro atoms. The lowest BCUT2D eigenvalue weighted by molar-refractivity contribution is 0.102. The fourth-order valence-corrected chi connectivity index (χ4v) is 3.32. The third kappa shape index (κ3) is 3.72. The Morgan fingerprint density at radius 3 is 2.35 bits per heavy atom. The van der Waals surface area contributed by atoms with Crippen molar-refractivity contribution >= 4 is 38.2 Å². The summed E-state index contributed by atoms with van der Waals surface area (Å²) in [6.07, 6.45) is 0. The van der Waals surface area contributed by atoms with Crippen LogP contribution in [0.3, 0.4) is 0 Å². The number of aromatic nitrogens is 1. The highest BCUT2D eigenvalue weighted by Gasteiger charge is 2.11. The maximum Gasteiger partial charge on any atom is 0.255 e. The first-order chi connectivity index (χ1) is 12.3. The van der Waals surface area contributed by atoms with Crippen molar-refractivity contribution < 1.29 is 13.2 Å². The lowest BCUT2D eigenvalue weighted by Crippen LogP contribution is -2.15. The quantitative estimate of drug-likeness (QED) is 0.637. The number of aryl methyl sites for hydroxylation is 2. The van der Waals surface area contributed by atoms with Crippen LogP contribution in [0, 0.1) is 13.8 Å². The predicted molar refractivity (Wildman–Crippen MR) is 105 cm³/mol. The van der Waals surface area contributed by atoms with Gasteiger partial charge < -0.3 is 10.3 Å². The van der Waals surface area contributed by atoms with E-state index in [0.717, 1.165) is 22.2 Å². The SMILES string of the molecule is CCS(=O)(=O)Nc1ccc(NC(=O)c2ccc3[nH]c(C)c(C)c3c2)cc1. The van der Waals surface area contributed by atoms with Gasteiger partial charge in [0.15, 0.2) is 0 Å². The highest BCUT2D eigenvalue weighted by Crippen LogP contribution is 2.23. The van der Waals surface area contributed by atoms with Crippen molar-refractivity contribution in [2.24, 2.45) is 0 Å². The Morgan fingerprint density at radius 2 is 1.69 bits per heavy atom. The highest BCUT2D eigenvalue weighted by atomic mass is 32.2. The molecule has 0 aliphatic carbocycles. The number of carbonyl (C=O) groups excluding carboxylic acids is 1. The zero-order valence-electron chi connectivity index (χ0n) is 14.9. The average molecular weight is 371 g/mol. The fraction of sp³-hybridized carbons (Fsp3) is 0.211. The van der Waals surface area contributed by atoms with E-state index in [2.05, 4.69) is 15.0 Å². The molecule has 2 aromatic carbocycles. The topological polar surface area (TPSA) is 91.1 Å². The zero-order chi connectivity index (χ0) is 18.9. The van der Waals surface area contributed by atoms with Gasteiger partial charge in [0.1, 0.15) is 0 Å². The molecule has 26 heavy (non-hydrogen) atoms. The van der Waals surface area contributed by atoms with Crippen LogP contribution >= 0.6 is 0 Å². The van der Waals surface area contributed by atoms with Gasteiger partial charge in [-0.05, 0) is 68.8 Å². The molecule has 0 radical (unpaired) electrons. The molecule has 0 aliphatic heterocycles. The molecule has 1 amide bonds. The van der Waals surface area contributed by atoms with Gasteiger partial charge in [0.05, 0.1) is 5.75 Å². The Balaban J connectivity index is 1.76.